The number of rotatable bonds is 5. The molecule has 0 unspecified atom stereocenters. The van der Waals surface area contributed by atoms with Crippen LogP contribution in [0.4, 0.5) is 0 Å². The van der Waals surface area contributed by atoms with Crippen LogP contribution in [-0.2, 0) is 0 Å². The van der Waals surface area contributed by atoms with Gasteiger partial charge in [0.25, 0.3) is 0 Å². The van der Waals surface area contributed by atoms with Crippen molar-refractivity contribution in [3.63, 3.8) is 0 Å². The first kappa shape index (κ1) is 23.5. The highest BCUT2D eigenvalue weighted by Gasteiger charge is 2.22. The van der Waals surface area contributed by atoms with Crippen LogP contribution in [0.2, 0.25) is 0 Å². The van der Waals surface area contributed by atoms with Crippen molar-refractivity contribution in [2.45, 2.75) is 0 Å². The highest BCUT2D eigenvalue weighted by molar-refractivity contribution is 6.18. The molecule has 0 saturated carbocycles. The van der Waals surface area contributed by atoms with Gasteiger partial charge in [0.1, 0.15) is 11.2 Å². The SMILES string of the molecule is [2H]c1c([2H])c([2H])c(-c2cccc3c2c2ccccc2n3-c2nc(-c3ccccc3)nc(-c3cccc4oc5cccc(-c6ccccc6)c5c34)n2)c([2H])c1[2H]. The quantitative estimate of drug-likeness (QED) is 0.187. The normalized spacial score (nSPS) is 13.0. The smallest absolute Gasteiger partial charge is 0.238 e. The molecule has 0 amide bonds. The summed E-state index contributed by atoms with van der Waals surface area (Å²) in [6.07, 6.45) is 0. The fourth-order valence-electron chi connectivity index (χ4n) is 7.04. The van der Waals surface area contributed by atoms with Crippen molar-refractivity contribution in [2.75, 3.05) is 0 Å². The second-order valence-corrected chi connectivity index (χ2v) is 12.0. The van der Waals surface area contributed by atoms with Crippen LogP contribution < -0.4 is 0 Å². The van der Waals surface area contributed by atoms with Gasteiger partial charge in [-0.15, -0.1) is 0 Å². The lowest BCUT2D eigenvalue weighted by molar-refractivity contribution is 0.669. The zero-order chi connectivity index (χ0) is 37.4. The van der Waals surface area contributed by atoms with E-state index in [4.69, 9.17) is 26.2 Å². The molecule has 0 aliphatic heterocycles. The first-order chi connectivity index (χ1) is 26.9. The third-order valence-corrected chi connectivity index (χ3v) is 9.17. The van der Waals surface area contributed by atoms with E-state index in [1.807, 2.05) is 120 Å². The third kappa shape index (κ3) is 4.45. The van der Waals surface area contributed by atoms with Gasteiger partial charge in [0.05, 0.1) is 17.9 Å². The van der Waals surface area contributed by atoms with Gasteiger partial charge < -0.3 is 4.42 Å². The molecule has 50 heavy (non-hydrogen) atoms. The molecule has 0 aliphatic carbocycles. The van der Waals surface area contributed by atoms with Crippen molar-refractivity contribution < 1.29 is 11.3 Å². The first-order valence-corrected chi connectivity index (χ1v) is 16.3. The molecule has 3 aromatic heterocycles. The van der Waals surface area contributed by atoms with Crippen molar-refractivity contribution in [2.24, 2.45) is 0 Å². The Labute approximate surface area is 294 Å². The van der Waals surface area contributed by atoms with Crippen LogP contribution in [0.15, 0.2) is 174 Å². The zero-order valence-corrected chi connectivity index (χ0v) is 26.5. The van der Waals surface area contributed by atoms with Gasteiger partial charge in [0.15, 0.2) is 11.6 Å². The van der Waals surface area contributed by atoms with Gasteiger partial charge in [-0.1, -0.05) is 145 Å². The number of para-hydroxylation sites is 1. The van der Waals surface area contributed by atoms with Crippen molar-refractivity contribution in [1.29, 1.82) is 0 Å². The van der Waals surface area contributed by atoms with Gasteiger partial charge >= 0.3 is 0 Å². The molecule has 0 atom stereocenters. The molecule has 0 N–H and O–H groups in total. The van der Waals surface area contributed by atoms with Gasteiger partial charge in [-0.05, 0) is 46.5 Å². The molecule has 0 bridgehead atoms. The molecule has 0 spiro atoms. The Balaban J connectivity index is 1.29. The van der Waals surface area contributed by atoms with E-state index in [1.165, 1.54) is 0 Å². The number of hydrogen-bond donors (Lipinski definition) is 0. The molecule has 10 aromatic rings. The molecule has 5 nitrogen and oxygen atoms in total. The van der Waals surface area contributed by atoms with Crippen molar-refractivity contribution >= 4 is 43.7 Å². The van der Waals surface area contributed by atoms with Gasteiger partial charge in [0.2, 0.25) is 5.95 Å². The number of aromatic nitrogens is 4. The van der Waals surface area contributed by atoms with Crippen molar-refractivity contribution in [3.8, 4) is 51.0 Å². The van der Waals surface area contributed by atoms with Crippen molar-refractivity contribution in [3.05, 3.63) is 170 Å². The largest absolute Gasteiger partial charge is 0.456 e. The summed E-state index contributed by atoms with van der Waals surface area (Å²) in [5.41, 5.74) is 7.29. The van der Waals surface area contributed by atoms with E-state index < -0.39 is 6.04 Å². The summed E-state index contributed by atoms with van der Waals surface area (Å²) in [4.78, 5) is 15.4. The summed E-state index contributed by atoms with van der Waals surface area (Å²) in [7, 11) is 0. The molecule has 3 heterocycles. The second-order valence-electron chi connectivity index (χ2n) is 12.0. The average molecular weight is 646 g/mol. The zero-order valence-electron chi connectivity index (χ0n) is 31.5. The summed E-state index contributed by atoms with van der Waals surface area (Å²) in [6, 6.07) is 43.6. The summed E-state index contributed by atoms with van der Waals surface area (Å²) < 4.78 is 51.1. The Bertz CT molecular complexity index is 3130. The molecule has 0 aliphatic rings. The van der Waals surface area contributed by atoms with Crippen LogP contribution >= 0.6 is 0 Å². The molecular weight excluding hydrogens is 613 g/mol. The molecule has 0 radical (unpaired) electrons. The molecule has 0 saturated heterocycles. The molecule has 10 rings (SSSR count). The fourth-order valence-corrected chi connectivity index (χ4v) is 7.04. The lowest BCUT2D eigenvalue weighted by Crippen LogP contribution is -2.06. The van der Waals surface area contributed by atoms with Gasteiger partial charge in [-0.2, -0.15) is 9.97 Å². The number of benzene rings is 7. The van der Waals surface area contributed by atoms with Crippen LogP contribution in [0, 0.1) is 0 Å². The maximum atomic E-state index is 8.83. The second kappa shape index (κ2) is 11.4. The Morgan fingerprint density at radius 3 is 1.78 bits per heavy atom. The summed E-state index contributed by atoms with van der Waals surface area (Å²) in [6.45, 7) is 0. The molecule has 0 fully saturated rings. The van der Waals surface area contributed by atoms with E-state index in [1.54, 1.807) is 6.07 Å². The Morgan fingerprint density at radius 2 is 1.02 bits per heavy atom. The number of nitrogens with zero attached hydrogens (tertiary/aromatic N) is 4. The van der Waals surface area contributed by atoms with Gasteiger partial charge in [0, 0.05) is 32.7 Å². The third-order valence-electron chi connectivity index (χ3n) is 9.17. The van der Waals surface area contributed by atoms with E-state index in [0.29, 0.717) is 34.3 Å². The van der Waals surface area contributed by atoms with E-state index in [2.05, 4.69) is 18.2 Å². The summed E-state index contributed by atoms with van der Waals surface area (Å²) >= 11 is 0. The monoisotopic (exact) mass is 645 g/mol. The van der Waals surface area contributed by atoms with Gasteiger partial charge in [-0.3, -0.25) is 4.57 Å². The maximum Gasteiger partial charge on any atom is 0.238 e. The predicted molar refractivity (Wildman–Crippen MR) is 203 cm³/mol. The molecule has 234 valence electrons. The summed E-state index contributed by atoms with van der Waals surface area (Å²) in [5.74, 6) is 1.29. The van der Waals surface area contributed by atoms with Gasteiger partial charge in [-0.25, -0.2) is 4.98 Å². The average Bonchev–Trinajstić information content (AvgIpc) is 3.79. The highest BCUT2D eigenvalue weighted by Crippen LogP contribution is 2.42. The Hall–Kier alpha value is -6.85. The Morgan fingerprint density at radius 1 is 0.440 bits per heavy atom. The predicted octanol–water partition coefficient (Wildman–Crippen LogP) is 11.5. The Kier molecular flexibility index (Phi) is 5.35. The lowest BCUT2D eigenvalue weighted by Gasteiger charge is -2.12. The lowest BCUT2D eigenvalue weighted by atomic mass is 9.97. The van der Waals surface area contributed by atoms with E-state index in [-0.39, 0.29) is 29.7 Å². The van der Waals surface area contributed by atoms with Crippen LogP contribution in [0.5, 0.6) is 0 Å². The number of fused-ring (bicyclic) bond motifs is 6. The number of furan rings is 1. The maximum absolute atomic E-state index is 8.83. The standard InChI is InChI=1S/C45H28N4O/c1-4-15-29(16-5-1)32-22-12-26-37-40(32)34-21-10-11-25-36(34)49(37)45-47-43(31-19-8-3-9-20-31)46-44(48-45)35-24-14-28-39-42(35)41-33(23-13-27-38(41)50-39)30-17-6-2-7-18-30/h1-28H/i1D,4D,5D,15D,16D. The topological polar surface area (TPSA) is 56.7 Å². The summed E-state index contributed by atoms with van der Waals surface area (Å²) in [5, 5.41) is 3.38. The molecule has 7 aromatic carbocycles. The van der Waals surface area contributed by atoms with Crippen molar-refractivity contribution in [1.82, 2.24) is 19.5 Å². The highest BCUT2D eigenvalue weighted by atomic mass is 16.3. The minimum Gasteiger partial charge on any atom is -0.456 e. The number of hydrogen-bond acceptors (Lipinski definition) is 4. The minimum atomic E-state index is -0.434. The molecule has 5 heteroatoms. The first-order valence-electron chi connectivity index (χ1n) is 18.8. The van der Waals surface area contributed by atoms with Crippen LogP contribution in [-0.4, -0.2) is 19.5 Å². The minimum absolute atomic E-state index is 0.133. The van der Waals surface area contributed by atoms with Crippen LogP contribution in [0.25, 0.3) is 94.7 Å². The van der Waals surface area contributed by atoms with E-state index in [0.717, 1.165) is 54.9 Å². The van der Waals surface area contributed by atoms with Crippen LogP contribution in [0.3, 0.4) is 0 Å². The van der Waals surface area contributed by atoms with Crippen LogP contribution in [0.1, 0.15) is 6.85 Å². The van der Waals surface area contributed by atoms with E-state index in [9.17, 15) is 0 Å². The van der Waals surface area contributed by atoms with E-state index >= 15 is 0 Å². The molecular formula is C45H28N4O. The fraction of sp³-hybridized carbons (Fsp3) is 0.